The number of ether oxygens (including phenoxy) is 2. The maximum Gasteiger partial charge on any atom is 0.258 e. The maximum absolute atomic E-state index is 12.2. The molecule has 3 rings (SSSR count). The standard InChI is InChI=1S/C24H23ClN2O4/c1-16-8-10-22(30-2)20(12-16)27-23(28)14-26-24(29)15-31-21-11-9-18(13-19(21)25)17-6-4-3-5-7-17/h3-13H,14-15H2,1-2H3,(H,26,29)(H,27,28). The molecule has 0 atom stereocenters. The minimum atomic E-state index is -0.436. The van der Waals surface area contributed by atoms with Crippen molar-refractivity contribution in [2.24, 2.45) is 0 Å². The number of benzene rings is 3. The highest BCUT2D eigenvalue weighted by molar-refractivity contribution is 6.32. The van der Waals surface area contributed by atoms with Crippen molar-refractivity contribution in [1.82, 2.24) is 5.32 Å². The van der Waals surface area contributed by atoms with Gasteiger partial charge in [-0.15, -0.1) is 0 Å². The Morgan fingerprint density at radius 2 is 1.65 bits per heavy atom. The second kappa shape index (κ2) is 10.5. The van der Waals surface area contributed by atoms with Gasteiger partial charge in [-0.05, 0) is 47.9 Å². The van der Waals surface area contributed by atoms with E-state index in [-0.39, 0.29) is 19.1 Å². The summed E-state index contributed by atoms with van der Waals surface area (Å²) in [6.45, 7) is 1.46. The molecule has 3 aromatic rings. The van der Waals surface area contributed by atoms with Crippen molar-refractivity contribution in [3.05, 3.63) is 77.3 Å². The highest BCUT2D eigenvalue weighted by atomic mass is 35.5. The van der Waals surface area contributed by atoms with Gasteiger partial charge in [-0.1, -0.05) is 54.1 Å². The summed E-state index contributed by atoms with van der Waals surface area (Å²) in [6, 6.07) is 20.6. The van der Waals surface area contributed by atoms with E-state index >= 15 is 0 Å². The topological polar surface area (TPSA) is 76.7 Å². The van der Waals surface area contributed by atoms with E-state index in [1.54, 1.807) is 24.3 Å². The summed E-state index contributed by atoms with van der Waals surface area (Å²) in [5, 5.41) is 5.64. The van der Waals surface area contributed by atoms with E-state index < -0.39 is 5.91 Å². The molecule has 2 amide bonds. The number of carbonyl (C=O) groups is 2. The Morgan fingerprint density at radius 1 is 0.903 bits per heavy atom. The zero-order valence-corrected chi connectivity index (χ0v) is 18.0. The second-order valence-electron chi connectivity index (χ2n) is 6.83. The zero-order valence-electron chi connectivity index (χ0n) is 17.3. The van der Waals surface area contributed by atoms with Crippen molar-refractivity contribution in [3.8, 4) is 22.6 Å². The molecular formula is C24H23ClN2O4. The number of hydrogen-bond donors (Lipinski definition) is 2. The van der Waals surface area contributed by atoms with Crippen LogP contribution >= 0.6 is 11.6 Å². The zero-order chi connectivity index (χ0) is 22.2. The summed E-state index contributed by atoms with van der Waals surface area (Å²) in [5.41, 5.74) is 3.50. The van der Waals surface area contributed by atoms with Gasteiger partial charge in [-0.3, -0.25) is 9.59 Å². The summed E-state index contributed by atoms with van der Waals surface area (Å²) in [7, 11) is 1.52. The van der Waals surface area contributed by atoms with Crippen molar-refractivity contribution >= 4 is 29.1 Å². The van der Waals surface area contributed by atoms with Gasteiger partial charge in [0.15, 0.2) is 6.61 Å². The van der Waals surface area contributed by atoms with Crippen LogP contribution in [0.2, 0.25) is 5.02 Å². The molecule has 3 aromatic carbocycles. The molecule has 2 N–H and O–H groups in total. The van der Waals surface area contributed by atoms with E-state index in [1.165, 1.54) is 7.11 Å². The first-order valence-electron chi connectivity index (χ1n) is 9.65. The lowest BCUT2D eigenvalue weighted by Gasteiger charge is -2.12. The lowest BCUT2D eigenvalue weighted by atomic mass is 10.1. The van der Waals surface area contributed by atoms with Crippen LogP contribution in [0.25, 0.3) is 11.1 Å². The summed E-state index contributed by atoms with van der Waals surface area (Å²) < 4.78 is 10.7. The normalized spacial score (nSPS) is 10.3. The molecule has 0 aromatic heterocycles. The van der Waals surface area contributed by atoms with E-state index in [0.717, 1.165) is 16.7 Å². The average molecular weight is 439 g/mol. The van der Waals surface area contributed by atoms with Crippen LogP contribution in [0.1, 0.15) is 5.56 Å². The first-order chi connectivity index (χ1) is 15.0. The molecule has 0 aliphatic heterocycles. The van der Waals surface area contributed by atoms with Gasteiger partial charge in [-0.25, -0.2) is 0 Å². The molecule has 0 saturated heterocycles. The Kier molecular flexibility index (Phi) is 7.51. The number of nitrogens with one attached hydrogen (secondary N) is 2. The largest absolute Gasteiger partial charge is 0.495 e. The van der Waals surface area contributed by atoms with Crippen molar-refractivity contribution < 1.29 is 19.1 Å². The molecule has 0 bridgehead atoms. The molecule has 0 saturated carbocycles. The SMILES string of the molecule is COc1ccc(C)cc1NC(=O)CNC(=O)COc1ccc(-c2ccccc2)cc1Cl. The second-order valence-corrected chi connectivity index (χ2v) is 7.24. The fourth-order valence-electron chi connectivity index (χ4n) is 2.92. The lowest BCUT2D eigenvalue weighted by Crippen LogP contribution is -2.35. The summed E-state index contributed by atoms with van der Waals surface area (Å²) in [5.74, 6) is 0.129. The number of aryl methyl sites for hydroxylation is 1. The first kappa shape index (κ1) is 22.2. The predicted octanol–water partition coefficient (Wildman–Crippen LogP) is 4.46. The minimum absolute atomic E-state index is 0.194. The monoisotopic (exact) mass is 438 g/mol. The van der Waals surface area contributed by atoms with Crippen molar-refractivity contribution in [2.75, 3.05) is 25.6 Å². The molecule has 160 valence electrons. The molecule has 0 fully saturated rings. The van der Waals surface area contributed by atoms with Crippen LogP contribution in [0.15, 0.2) is 66.7 Å². The third kappa shape index (κ3) is 6.23. The van der Waals surface area contributed by atoms with Gasteiger partial charge >= 0.3 is 0 Å². The van der Waals surface area contributed by atoms with Gasteiger partial charge in [0.2, 0.25) is 5.91 Å². The van der Waals surface area contributed by atoms with E-state index in [0.29, 0.717) is 22.2 Å². The number of halogens is 1. The van der Waals surface area contributed by atoms with E-state index in [9.17, 15) is 9.59 Å². The fourth-order valence-corrected chi connectivity index (χ4v) is 3.15. The quantitative estimate of drug-likeness (QED) is 0.544. The molecule has 0 aliphatic carbocycles. The van der Waals surface area contributed by atoms with Crippen LogP contribution < -0.4 is 20.1 Å². The number of amides is 2. The van der Waals surface area contributed by atoms with Gasteiger partial charge in [0.25, 0.3) is 5.91 Å². The molecule has 0 heterocycles. The van der Waals surface area contributed by atoms with Crippen LogP contribution in [0.5, 0.6) is 11.5 Å². The number of methoxy groups -OCH3 is 1. The Labute approximate surface area is 186 Å². The Bertz CT molecular complexity index is 1070. The van der Waals surface area contributed by atoms with Gasteiger partial charge in [-0.2, -0.15) is 0 Å². The highest BCUT2D eigenvalue weighted by Gasteiger charge is 2.11. The molecule has 6 nitrogen and oxygen atoms in total. The van der Waals surface area contributed by atoms with E-state index in [1.807, 2.05) is 49.4 Å². The molecule has 0 unspecified atom stereocenters. The molecule has 31 heavy (non-hydrogen) atoms. The van der Waals surface area contributed by atoms with Crippen molar-refractivity contribution in [2.45, 2.75) is 6.92 Å². The lowest BCUT2D eigenvalue weighted by molar-refractivity contribution is -0.125. The Hall–Kier alpha value is -3.51. The predicted molar refractivity (Wildman–Crippen MR) is 122 cm³/mol. The molecule has 0 aliphatic rings. The molecule has 0 radical (unpaired) electrons. The number of anilines is 1. The summed E-state index contributed by atoms with van der Waals surface area (Å²) in [4.78, 5) is 24.2. The van der Waals surface area contributed by atoms with Gasteiger partial charge in [0.05, 0.1) is 24.4 Å². The number of rotatable bonds is 8. The van der Waals surface area contributed by atoms with Gasteiger partial charge < -0.3 is 20.1 Å². The van der Waals surface area contributed by atoms with Crippen LogP contribution in [-0.4, -0.2) is 32.1 Å². The van der Waals surface area contributed by atoms with Crippen LogP contribution in [0, 0.1) is 6.92 Å². The van der Waals surface area contributed by atoms with Crippen LogP contribution in [0.4, 0.5) is 5.69 Å². The first-order valence-corrected chi connectivity index (χ1v) is 10.0. The fraction of sp³-hybridized carbons (Fsp3) is 0.167. The summed E-state index contributed by atoms with van der Waals surface area (Å²) in [6.07, 6.45) is 0. The summed E-state index contributed by atoms with van der Waals surface area (Å²) >= 11 is 6.29. The van der Waals surface area contributed by atoms with E-state index in [2.05, 4.69) is 10.6 Å². The van der Waals surface area contributed by atoms with Gasteiger partial charge in [0, 0.05) is 0 Å². The maximum atomic E-state index is 12.2. The molecule has 7 heteroatoms. The third-order valence-electron chi connectivity index (χ3n) is 4.47. The Balaban J connectivity index is 1.49. The highest BCUT2D eigenvalue weighted by Crippen LogP contribution is 2.30. The molecule has 0 spiro atoms. The molecular weight excluding hydrogens is 416 g/mol. The van der Waals surface area contributed by atoms with E-state index in [4.69, 9.17) is 21.1 Å². The smallest absolute Gasteiger partial charge is 0.258 e. The average Bonchev–Trinajstić information content (AvgIpc) is 2.77. The minimum Gasteiger partial charge on any atom is -0.495 e. The number of carbonyl (C=O) groups excluding carboxylic acids is 2. The Morgan fingerprint density at radius 3 is 2.35 bits per heavy atom. The van der Waals surface area contributed by atoms with Crippen LogP contribution in [0.3, 0.4) is 0 Å². The van der Waals surface area contributed by atoms with Crippen molar-refractivity contribution in [3.63, 3.8) is 0 Å². The van der Waals surface area contributed by atoms with Crippen LogP contribution in [-0.2, 0) is 9.59 Å². The van der Waals surface area contributed by atoms with Gasteiger partial charge in [0.1, 0.15) is 11.5 Å². The van der Waals surface area contributed by atoms with Crippen molar-refractivity contribution in [1.29, 1.82) is 0 Å². The number of hydrogen-bond acceptors (Lipinski definition) is 4. The third-order valence-corrected chi connectivity index (χ3v) is 4.77.